The average molecular weight is 278 g/mol. The first-order valence-corrected chi connectivity index (χ1v) is 7.59. The lowest BCUT2D eigenvalue weighted by molar-refractivity contribution is 0.292. The Bertz CT molecular complexity index is 348. The topological polar surface area (TPSA) is 31.4 Å². The summed E-state index contributed by atoms with van der Waals surface area (Å²) in [5.74, 6) is 0. The van der Waals surface area contributed by atoms with Crippen molar-refractivity contribution in [2.45, 2.75) is 32.9 Å². The second-order valence-electron chi connectivity index (χ2n) is 5.73. The summed E-state index contributed by atoms with van der Waals surface area (Å²) in [6, 6.07) is 4.32. The third-order valence-electron chi connectivity index (χ3n) is 3.22. The van der Waals surface area contributed by atoms with Crippen LogP contribution in [0.2, 0.25) is 0 Å². The molecule has 0 aliphatic carbocycles. The molecule has 4 nitrogen and oxygen atoms in total. The van der Waals surface area contributed by atoms with E-state index in [-0.39, 0.29) is 0 Å². The number of pyridine rings is 1. The Labute approximate surface area is 124 Å². The molecule has 1 heterocycles. The Kier molecular flexibility index (Phi) is 8.42. The number of nitrogens with one attached hydrogen (secondary N) is 1. The summed E-state index contributed by atoms with van der Waals surface area (Å²) in [5.41, 5.74) is 2.41. The minimum atomic E-state index is 0.916. The second-order valence-corrected chi connectivity index (χ2v) is 5.73. The maximum Gasteiger partial charge on any atom is 0.0544 e. The lowest BCUT2D eigenvalue weighted by atomic mass is 10.2. The first-order chi connectivity index (χ1) is 9.61. The number of hydrogen-bond donors (Lipinski definition) is 1. The van der Waals surface area contributed by atoms with E-state index in [4.69, 9.17) is 0 Å². The maximum absolute atomic E-state index is 4.55. The molecule has 0 aromatic carbocycles. The molecular weight excluding hydrogens is 248 g/mol. The molecule has 1 N–H and O–H groups in total. The highest BCUT2D eigenvalue weighted by Gasteiger charge is 2.02. The summed E-state index contributed by atoms with van der Waals surface area (Å²) in [6.07, 6.45) is 4.36. The minimum absolute atomic E-state index is 0.916. The second kappa shape index (κ2) is 9.86. The molecule has 0 aliphatic rings. The van der Waals surface area contributed by atoms with Gasteiger partial charge in [-0.15, -0.1) is 0 Å². The molecule has 0 atom stereocenters. The summed E-state index contributed by atoms with van der Waals surface area (Å²) in [5, 5.41) is 3.39. The van der Waals surface area contributed by atoms with Gasteiger partial charge in [-0.1, -0.05) is 13.0 Å². The van der Waals surface area contributed by atoms with Gasteiger partial charge in [0.05, 0.1) is 5.69 Å². The normalized spacial score (nSPS) is 11.5. The van der Waals surface area contributed by atoms with Crippen LogP contribution in [0.3, 0.4) is 0 Å². The molecule has 0 radical (unpaired) electrons. The molecule has 1 rings (SSSR count). The highest BCUT2D eigenvalue weighted by molar-refractivity contribution is 5.13. The smallest absolute Gasteiger partial charge is 0.0544 e. The van der Waals surface area contributed by atoms with Crippen LogP contribution in [-0.4, -0.2) is 55.6 Å². The monoisotopic (exact) mass is 278 g/mol. The van der Waals surface area contributed by atoms with Crippen LogP contribution in [0.5, 0.6) is 0 Å². The molecule has 1 aromatic rings. The largest absolute Gasteiger partial charge is 0.313 e. The molecule has 20 heavy (non-hydrogen) atoms. The van der Waals surface area contributed by atoms with Crippen LogP contribution in [0.1, 0.15) is 31.0 Å². The number of nitrogens with zero attached hydrogens (tertiary/aromatic N) is 3. The van der Waals surface area contributed by atoms with Gasteiger partial charge in [0.25, 0.3) is 0 Å². The van der Waals surface area contributed by atoms with Gasteiger partial charge < -0.3 is 15.1 Å². The van der Waals surface area contributed by atoms with Crippen LogP contribution < -0.4 is 5.32 Å². The van der Waals surface area contributed by atoms with Gasteiger partial charge in [0, 0.05) is 19.3 Å². The summed E-state index contributed by atoms with van der Waals surface area (Å²) in [6.45, 7) is 7.34. The molecule has 0 aliphatic heterocycles. The third kappa shape index (κ3) is 7.58. The van der Waals surface area contributed by atoms with E-state index in [1.165, 1.54) is 18.4 Å². The molecule has 0 amide bonds. The molecule has 0 spiro atoms. The Morgan fingerprint density at radius 1 is 1.15 bits per heavy atom. The van der Waals surface area contributed by atoms with Crippen molar-refractivity contribution in [1.82, 2.24) is 20.1 Å². The molecule has 0 bridgehead atoms. The van der Waals surface area contributed by atoms with E-state index < -0.39 is 0 Å². The van der Waals surface area contributed by atoms with Crippen molar-refractivity contribution in [3.63, 3.8) is 0 Å². The average Bonchev–Trinajstić information content (AvgIpc) is 2.40. The van der Waals surface area contributed by atoms with Crippen molar-refractivity contribution >= 4 is 0 Å². The lowest BCUT2D eigenvalue weighted by Gasteiger charge is -2.17. The minimum Gasteiger partial charge on any atom is -0.313 e. The van der Waals surface area contributed by atoms with E-state index in [9.17, 15) is 0 Å². The number of aromatic nitrogens is 1. The van der Waals surface area contributed by atoms with Crippen molar-refractivity contribution in [3.05, 3.63) is 29.6 Å². The van der Waals surface area contributed by atoms with Crippen LogP contribution in [-0.2, 0) is 13.1 Å². The van der Waals surface area contributed by atoms with Gasteiger partial charge in [0.1, 0.15) is 0 Å². The van der Waals surface area contributed by atoms with E-state index >= 15 is 0 Å². The Morgan fingerprint density at radius 2 is 1.95 bits per heavy atom. The number of hydrogen-bond acceptors (Lipinski definition) is 4. The van der Waals surface area contributed by atoms with Crippen LogP contribution in [0.4, 0.5) is 0 Å². The molecular formula is C16H30N4. The third-order valence-corrected chi connectivity index (χ3v) is 3.22. The molecule has 0 saturated carbocycles. The van der Waals surface area contributed by atoms with Crippen LogP contribution in [0, 0.1) is 0 Å². The maximum atomic E-state index is 4.55. The van der Waals surface area contributed by atoms with E-state index in [2.05, 4.69) is 60.3 Å². The van der Waals surface area contributed by atoms with Crippen molar-refractivity contribution in [1.29, 1.82) is 0 Å². The standard InChI is InChI=1S/C16H30N4/c1-5-9-17-12-15-7-8-16(18-13-15)14-20(4)11-6-10-19(2)3/h7-8,13,17H,5-6,9-12,14H2,1-4H3. The molecule has 0 unspecified atom stereocenters. The predicted octanol–water partition coefficient (Wildman–Crippen LogP) is 1.96. The van der Waals surface area contributed by atoms with Gasteiger partial charge in [-0.05, 0) is 65.2 Å². The Balaban J connectivity index is 2.29. The SMILES string of the molecule is CCCNCc1ccc(CN(C)CCCN(C)C)nc1. The zero-order valence-electron chi connectivity index (χ0n) is 13.5. The van der Waals surface area contributed by atoms with E-state index in [0.717, 1.165) is 38.4 Å². The quantitative estimate of drug-likeness (QED) is 0.663. The Hall–Kier alpha value is -0.970. The zero-order valence-corrected chi connectivity index (χ0v) is 13.5. The van der Waals surface area contributed by atoms with E-state index in [0.29, 0.717) is 0 Å². The first-order valence-electron chi connectivity index (χ1n) is 7.59. The Morgan fingerprint density at radius 3 is 2.55 bits per heavy atom. The summed E-state index contributed by atoms with van der Waals surface area (Å²) < 4.78 is 0. The van der Waals surface area contributed by atoms with Crippen molar-refractivity contribution in [2.24, 2.45) is 0 Å². The molecule has 0 fully saturated rings. The molecule has 4 heteroatoms. The summed E-state index contributed by atoms with van der Waals surface area (Å²) in [4.78, 5) is 9.11. The molecule has 1 aromatic heterocycles. The highest BCUT2D eigenvalue weighted by Crippen LogP contribution is 2.03. The fourth-order valence-electron chi connectivity index (χ4n) is 2.08. The van der Waals surface area contributed by atoms with Crippen molar-refractivity contribution in [3.8, 4) is 0 Å². The number of rotatable bonds is 10. The van der Waals surface area contributed by atoms with Gasteiger partial charge in [0.15, 0.2) is 0 Å². The summed E-state index contributed by atoms with van der Waals surface area (Å²) >= 11 is 0. The molecule has 114 valence electrons. The van der Waals surface area contributed by atoms with Gasteiger partial charge >= 0.3 is 0 Å². The zero-order chi connectivity index (χ0) is 14.8. The van der Waals surface area contributed by atoms with Gasteiger partial charge in [0.2, 0.25) is 0 Å². The lowest BCUT2D eigenvalue weighted by Crippen LogP contribution is -2.23. The summed E-state index contributed by atoms with van der Waals surface area (Å²) in [7, 11) is 6.40. The highest BCUT2D eigenvalue weighted by atomic mass is 15.1. The van der Waals surface area contributed by atoms with E-state index in [1.54, 1.807) is 0 Å². The first kappa shape index (κ1) is 17.1. The van der Waals surface area contributed by atoms with Gasteiger partial charge in [-0.25, -0.2) is 0 Å². The van der Waals surface area contributed by atoms with Gasteiger partial charge in [-0.3, -0.25) is 4.98 Å². The fraction of sp³-hybridized carbons (Fsp3) is 0.688. The fourth-order valence-corrected chi connectivity index (χ4v) is 2.08. The van der Waals surface area contributed by atoms with Crippen LogP contribution in [0.15, 0.2) is 18.3 Å². The van der Waals surface area contributed by atoms with Gasteiger partial charge in [-0.2, -0.15) is 0 Å². The van der Waals surface area contributed by atoms with Crippen molar-refractivity contribution in [2.75, 3.05) is 40.8 Å². The van der Waals surface area contributed by atoms with Crippen LogP contribution >= 0.6 is 0 Å². The van der Waals surface area contributed by atoms with Crippen molar-refractivity contribution < 1.29 is 0 Å². The van der Waals surface area contributed by atoms with Crippen LogP contribution in [0.25, 0.3) is 0 Å². The molecule has 0 saturated heterocycles. The van der Waals surface area contributed by atoms with E-state index in [1.807, 2.05) is 6.20 Å². The predicted molar refractivity (Wildman–Crippen MR) is 85.7 cm³/mol.